The Morgan fingerprint density at radius 2 is 2.18 bits per heavy atom. The molecule has 17 heavy (non-hydrogen) atoms. The van der Waals surface area contributed by atoms with Crippen molar-refractivity contribution in [3.8, 4) is 17.4 Å². The molecule has 0 aliphatic heterocycles. The Balaban J connectivity index is 2.27. The zero-order valence-corrected chi connectivity index (χ0v) is 9.69. The second-order valence-electron chi connectivity index (χ2n) is 3.59. The highest BCUT2D eigenvalue weighted by Gasteiger charge is 2.12. The van der Waals surface area contributed by atoms with E-state index < -0.39 is 6.10 Å². The van der Waals surface area contributed by atoms with Crippen molar-refractivity contribution in [3.05, 3.63) is 47.2 Å². The Hall–Kier alpha value is -1.76. The van der Waals surface area contributed by atoms with E-state index in [1.54, 1.807) is 24.3 Å². The lowest BCUT2D eigenvalue weighted by atomic mass is 10.2. The van der Waals surface area contributed by atoms with Crippen molar-refractivity contribution in [2.24, 2.45) is 0 Å². The molecular weight excluding hydrogens is 238 g/mol. The highest BCUT2D eigenvalue weighted by atomic mass is 35.5. The number of halogens is 1. The molecule has 2 aromatic rings. The SMILES string of the molecule is N#CC[C@H](O)c1ccc(-c2cccc(Cl)c2)o1. The van der Waals surface area contributed by atoms with E-state index in [1.165, 1.54) is 0 Å². The minimum absolute atomic E-state index is 0.0164. The van der Waals surface area contributed by atoms with Gasteiger partial charge in [0.25, 0.3) is 0 Å². The number of furan rings is 1. The third-order valence-electron chi connectivity index (χ3n) is 2.35. The fourth-order valence-corrected chi connectivity index (χ4v) is 1.71. The first-order valence-corrected chi connectivity index (χ1v) is 5.49. The van der Waals surface area contributed by atoms with Crippen molar-refractivity contribution >= 4 is 11.6 Å². The van der Waals surface area contributed by atoms with Gasteiger partial charge < -0.3 is 9.52 Å². The Bertz CT molecular complexity index is 557. The molecule has 0 fully saturated rings. The minimum Gasteiger partial charge on any atom is -0.458 e. The summed E-state index contributed by atoms with van der Waals surface area (Å²) in [6, 6.07) is 12.6. The highest BCUT2D eigenvalue weighted by molar-refractivity contribution is 6.30. The molecule has 1 heterocycles. The van der Waals surface area contributed by atoms with Crippen LogP contribution in [0.2, 0.25) is 5.02 Å². The average Bonchev–Trinajstić information content (AvgIpc) is 2.78. The van der Waals surface area contributed by atoms with Gasteiger partial charge in [0, 0.05) is 10.6 Å². The van der Waals surface area contributed by atoms with Crippen LogP contribution in [0.1, 0.15) is 18.3 Å². The molecule has 0 radical (unpaired) electrons. The number of hydrogen-bond acceptors (Lipinski definition) is 3. The van der Waals surface area contributed by atoms with Gasteiger partial charge in [-0.25, -0.2) is 0 Å². The molecule has 3 nitrogen and oxygen atoms in total. The molecule has 86 valence electrons. The van der Waals surface area contributed by atoms with Crippen molar-refractivity contribution < 1.29 is 9.52 Å². The highest BCUT2D eigenvalue weighted by Crippen LogP contribution is 2.27. The van der Waals surface area contributed by atoms with Crippen LogP contribution in [0, 0.1) is 11.3 Å². The minimum atomic E-state index is -0.882. The maximum atomic E-state index is 9.59. The summed E-state index contributed by atoms with van der Waals surface area (Å²) in [5.41, 5.74) is 0.841. The van der Waals surface area contributed by atoms with Crippen molar-refractivity contribution in [1.82, 2.24) is 0 Å². The third-order valence-corrected chi connectivity index (χ3v) is 2.58. The van der Waals surface area contributed by atoms with Crippen LogP contribution < -0.4 is 0 Å². The monoisotopic (exact) mass is 247 g/mol. The normalized spacial score (nSPS) is 12.1. The first kappa shape index (κ1) is 11.7. The number of nitriles is 1. The van der Waals surface area contributed by atoms with E-state index in [0.717, 1.165) is 5.56 Å². The summed E-state index contributed by atoms with van der Waals surface area (Å²) in [5, 5.41) is 18.7. The van der Waals surface area contributed by atoms with Gasteiger partial charge in [0.15, 0.2) is 0 Å². The topological polar surface area (TPSA) is 57.2 Å². The van der Waals surface area contributed by atoms with Gasteiger partial charge in [-0.3, -0.25) is 0 Å². The molecule has 1 N–H and O–H groups in total. The molecule has 0 aliphatic carbocycles. The van der Waals surface area contributed by atoms with Gasteiger partial charge in [-0.05, 0) is 24.3 Å². The maximum absolute atomic E-state index is 9.59. The Labute approximate surface area is 104 Å². The van der Waals surface area contributed by atoms with Crippen LogP contribution in [-0.4, -0.2) is 5.11 Å². The number of nitrogens with zero attached hydrogens (tertiary/aromatic N) is 1. The van der Waals surface area contributed by atoms with E-state index in [2.05, 4.69) is 0 Å². The quantitative estimate of drug-likeness (QED) is 0.902. The van der Waals surface area contributed by atoms with Crippen LogP contribution in [0.15, 0.2) is 40.8 Å². The molecule has 1 atom stereocenters. The molecule has 0 aliphatic rings. The first-order valence-electron chi connectivity index (χ1n) is 5.11. The third kappa shape index (κ3) is 2.68. The summed E-state index contributed by atoms with van der Waals surface area (Å²) in [5.74, 6) is 1.01. The van der Waals surface area contributed by atoms with E-state index >= 15 is 0 Å². The number of aliphatic hydroxyl groups excluding tert-OH is 1. The van der Waals surface area contributed by atoms with Crippen LogP contribution >= 0.6 is 11.6 Å². The molecule has 0 spiro atoms. The summed E-state index contributed by atoms with van der Waals surface area (Å²) in [6.45, 7) is 0. The lowest BCUT2D eigenvalue weighted by Crippen LogP contribution is -1.92. The van der Waals surface area contributed by atoms with Crippen molar-refractivity contribution in [3.63, 3.8) is 0 Å². The predicted octanol–water partition coefficient (Wildman–Crippen LogP) is 3.55. The molecule has 2 rings (SSSR count). The number of benzene rings is 1. The van der Waals surface area contributed by atoms with Gasteiger partial charge in [0.2, 0.25) is 0 Å². The van der Waals surface area contributed by atoms with Crippen LogP contribution in [0.3, 0.4) is 0 Å². The van der Waals surface area contributed by atoms with Gasteiger partial charge in [-0.1, -0.05) is 23.7 Å². The zero-order chi connectivity index (χ0) is 12.3. The first-order chi connectivity index (χ1) is 8.20. The molecule has 1 aromatic heterocycles. The van der Waals surface area contributed by atoms with Crippen LogP contribution in [0.4, 0.5) is 0 Å². The van der Waals surface area contributed by atoms with Crippen LogP contribution in [0.5, 0.6) is 0 Å². The fraction of sp³-hybridized carbons (Fsp3) is 0.154. The van der Waals surface area contributed by atoms with E-state index in [1.807, 2.05) is 18.2 Å². The van der Waals surface area contributed by atoms with Gasteiger partial charge >= 0.3 is 0 Å². The number of rotatable bonds is 3. The molecule has 4 heteroatoms. The van der Waals surface area contributed by atoms with Crippen LogP contribution in [-0.2, 0) is 0 Å². The fourth-order valence-electron chi connectivity index (χ4n) is 1.52. The van der Waals surface area contributed by atoms with Gasteiger partial charge in [-0.15, -0.1) is 0 Å². The van der Waals surface area contributed by atoms with Crippen molar-refractivity contribution in [1.29, 1.82) is 5.26 Å². The lowest BCUT2D eigenvalue weighted by molar-refractivity contribution is 0.156. The maximum Gasteiger partial charge on any atom is 0.134 e. The second kappa shape index (κ2) is 5.05. The summed E-state index contributed by atoms with van der Waals surface area (Å²) in [6.07, 6.45) is -0.865. The van der Waals surface area contributed by atoms with Gasteiger partial charge in [-0.2, -0.15) is 5.26 Å². The summed E-state index contributed by atoms with van der Waals surface area (Å²) >= 11 is 5.88. The van der Waals surface area contributed by atoms with Crippen LogP contribution in [0.25, 0.3) is 11.3 Å². The zero-order valence-electron chi connectivity index (χ0n) is 8.93. The van der Waals surface area contributed by atoms with E-state index in [0.29, 0.717) is 16.5 Å². The van der Waals surface area contributed by atoms with Crippen molar-refractivity contribution in [2.75, 3.05) is 0 Å². The molecule has 0 saturated carbocycles. The molecule has 0 unspecified atom stereocenters. The molecule has 0 saturated heterocycles. The summed E-state index contributed by atoms with van der Waals surface area (Å²) < 4.78 is 5.48. The smallest absolute Gasteiger partial charge is 0.134 e. The van der Waals surface area contributed by atoms with E-state index in [-0.39, 0.29) is 6.42 Å². The lowest BCUT2D eigenvalue weighted by Gasteiger charge is -2.02. The number of hydrogen-bond donors (Lipinski definition) is 1. The average molecular weight is 248 g/mol. The standard InChI is InChI=1S/C13H10ClNO2/c14-10-3-1-2-9(8-10)12-4-5-13(17-12)11(16)6-7-15/h1-5,8,11,16H,6H2/t11-/m0/s1. The van der Waals surface area contributed by atoms with Gasteiger partial charge in [0.05, 0.1) is 12.5 Å². The Kier molecular flexibility index (Phi) is 3.48. The van der Waals surface area contributed by atoms with Gasteiger partial charge in [0.1, 0.15) is 17.6 Å². The van der Waals surface area contributed by atoms with E-state index in [9.17, 15) is 5.11 Å². The Morgan fingerprint density at radius 3 is 2.88 bits per heavy atom. The number of aliphatic hydroxyl groups is 1. The Morgan fingerprint density at radius 1 is 1.35 bits per heavy atom. The summed E-state index contributed by atoms with van der Waals surface area (Å²) in [7, 11) is 0. The molecule has 0 amide bonds. The second-order valence-corrected chi connectivity index (χ2v) is 4.03. The largest absolute Gasteiger partial charge is 0.458 e. The predicted molar refractivity (Wildman–Crippen MR) is 64.3 cm³/mol. The molecular formula is C13H10ClNO2. The molecule has 0 bridgehead atoms. The molecule has 1 aromatic carbocycles. The van der Waals surface area contributed by atoms with Crippen molar-refractivity contribution in [2.45, 2.75) is 12.5 Å². The van der Waals surface area contributed by atoms with E-state index in [4.69, 9.17) is 21.3 Å². The summed E-state index contributed by atoms with van der Waals surface area (Å²) in [4.78, 5) is 0.